The van der Waals surface area contributed by atoms with Crippen molar-refractivity contribution in [2.24, 2.45) is 0 Å². The molecule has 1 N–H and O–H groups in total. The Hall–Kier alpha value is -1.86. The smallest absolute Gasteiger partial charge is 0.255 e. The zero-order valence-electron chi connectivity index (χ0n) is 13.9. The van der Waals surface area contributed by atoms with Gasteiger partial charge in [-0.2, -0.15) is 0 Å². The SMILES string of the molecule is O=C(c1cnc(NC2CC(=O)N(C3CC3)C2)c(Cl)c1)N1CCOCC1. The van der Waals surface area contributed by atoms with E-state index in [9.17, 15) is 9.59 Å². The number of likely N-dealkylation sites (tertiary alicyclic amines) is 1. The summed E-state index contributed by atoms with van der Waals surface area (Å²) in [7, 11) is 0. The molecule has 3 heterocycles. The highest BCUT2D eigenvalue weighted by molar-refractivity contribution is 6.33. The van der Waals surface area contributed by atoms with Crippen molar-refractivity contribution >= 4 is 29.2 Å². The van der Waals surface area contributed by atoms with Gasteiger partial charge in [0.1, 0.15) is 5.82 Å². The van der Waals surface area contributed by atoms with Gasteiger partial charge in [0.15, 0.2) is 0 Å². The third kappa shape index (κ3) is 3.57. The van der Waals surface area contributed by atoms with E-state index in [0.717, 1.165) is 12.8 Å². The summed E-state index contributed by atoms with van der Waals surface area (Å²) in [6.07, 6.45) is 4.22. The Morgan fingerprint density at radius 1 is 1.32 bits per heavy atom. The van der Waals surface area contributed by atoms with Gasteiger partial charge in [-0.3, -0.25) is 9.59 Å². The molecule has 134 valence electrons. The number of carbonyl (C=O) groups is 2. The number of rotatable bonds is 4. The zero-order valence-corrected chi connectivity index (χ0v) is 14.7. The van der Waals surface area contributed by atoms with Crippen LogP contribution in [0.1, 0.15) is 29.6 Å². The quantitative estimate of drug-likeness (QED) is 0.873. The number of ether oxygens (including phenoxy) is 1. The number of aromatic nitrogens is 1. The van der Waals surface area contributed by atoms with Crippen LogP contribution >= 0.6 is 11.6 Å². The van der Waals surface area contributed by atoms with Gasteiger partial charge in [-0.05, 0) is 18.9 Å². The molecule has 1 aliphatic carbocycles. The van der Waals surface area contributed by atoms with Gasteiger partial charge in [0.05, 0.1) is 29.8 Å². The monoisotopic (exact) mass is 364 g/mol. The fourth-order valence-electron chi connectivity index (χ4n) is 3.37. The minimum Gasteiger partial charge on any atom is -0.378 e. The fraction of sp³-hybridized carbons (Fsp3) is 0.588. The Balaban J connectivity index is 1.41. The van der Waals surface area contributed by atoms with E-state index in [1.165, 1.54) is 0 Å². The van der Waals surface area contributed by atoms with E-state index in [1.807, 2.05) is 4.90 Å². The molecule has 1 unspecified atom stereocenters. The van der Waals surface area contributed by atoms with Crippen LogP contribution in [-0.2, 0) is 9.53 Å². The van der Waals surface area contributed by atoms with Crippen LogP contribution in [0.25, 0.3) is 0 Å². The molecule has 1 aromatic heterocycles. The predicted molar refractivity (Wildman–Crippen MR) is 92.7 cm³/mol. The van der Waals surface area contributed by atoms with Crippen LogP contribution < -0.4 is 5.32 Å². The minimum absolute atomic E-state index is 0.0129. The highest BCUT2D eigenvalue weighted by Gasteiger charge is 2.39. The van der Waals surface area contributed by atoms with Crippen LogP contribution in [0.4, 0.5) is 5.82 Å². The first-order chi connectivity index (χ1) is 12.1. The first kappa shape index (κ1) is 16.6. The van der Waals surface area contributed by atoms with Gasteiger partial charge >= 0.3 is 0 Å². The summed E-state index contributed by atoms with van der Waals surface area (Å²) in [6, 6.07) is 2.08. The van der Waals surface area contributed by atoms with Crippen molar-refractivity contribution in [3.05, 3.63) is 22.8 Å². The van der Waals surface area contributed by atoms with Crippen molar-refractivity contribution in [2.45, 2.75) is 31.3 Å². The van der Waals surface area contributed by atoms with E-state index in [4.69, 9.17) is 16.3 Å². The van der Waals surface area contributed by atoms with E-state index in [2.05, 4.69) is 10.3 Å². The van der Waals surface area contributed by atoms with Crippen LogP contribution in [-0.4, -0.2) is 71.5 Å². The molecule has 1 atom stereocenters. The maximum Gasteiger partial charge on any atom is 0.255 e. The topological polar surface area (TPSA) is 74.8 Å². The number of hydrogen-bond acceptors (Lipinski definition) is 5. The molecule has 2 aliphatic heterocycles. The number of amides is 2. The summed E-state index contributed by atoms with van der Waals surface area (Å²) in [6.45, 7) is 2.96. The third-order valence-corrected chi connectivity index (χ3v) is 5.16. The predicted octanol–water partition coefficient (Wildman–Crippen LogP) is 1.38. The lowest BCUT2D eigenvalue weighted by molar-refractivity contribution is -0.128. The van der Waals surface area contributed by atoms with E-state index in [0.29, 0.717) is 61.7 Å². The first-order valence-electron chi connectivity index (χ1n) is 8.70. The maximum atomic E-state index is 12.5. The molecule has 2 saturated heterocycles. The Bertz CT molecular complexity index is 688. The van der Waals surface area contributed by atoms with Crippen LogP contribution in [0.3, 0.4) is 0 Å². The summed E-state index contributed by atoms with van der Waals surface area (Å²) >= 11 is 6.32. The molecule has 2 amide bonds. The van der Waals surface area contributed by atoms with Gasteiger partial charge in [-0.1, -0.05) is 11.6 Å². The van der Waals surface area contributed by atoms with Gasteiger partial charge in [0.2, 0.25) is 5.91 Å². The minimum atomic E-state index is -0.0831. The molecule has 3 fully saturated rings. The number of nitrogens with zero attached hydrogens (tertiary/aromatic N) is 3. The van der Waals surface area contributed by atoms with Crippen molar-refractivity contribution in [2.75, 3.05) is 38.2 Å². The van der Waals surface area contributed by atoms with Gasteiger partial charge in [-0.25, -0.2) is 4.98 Å². The summed E-state index contributed by atoms with van der Waals surface area (Å²) in [5.74, 6) is 0.631. The van der Waals surface area contributed by atoms with Crippen molar-refractivity contribution < 1.29 is 14.3 Å². The number of nitrogens with one attached hydrogen (secondary N) is 1. The molecule has 0 radical (unpaired) electrons. The second-order valence-electron chi connectivity index (χ2n) is 6.78. The molecule has 25 heavy (non-hydrogen) atoms. The molecule has 8 heteroatoms. The lowest BCUT2D eigenvalue weighted by Gasteiger charge is -2.27. The Morgan fingerprint density at radius 3 is 2.76 bits per heavy atom. The third-order valence-electron chi connectivity index (χ3n) is 4.87. The van der Waals surface area contributed by atoms with Crippen LogP contribution in [0.2, 0.25) is 5.02 Å². The number of morpholine rings is 1. The molecule has 0 spiro atoms. The molecular weight excluding hydrogens is 344 g/mol. The number of carbonyl (C=O) groups excluding carboxylic acids is 2. The zero-order chi connectivity index (χ0) is 17.4. The van der Waals surface area contributed by atoms with Crippen molar-refractivity contribution in [1.29, 1.82) is 0 Å². The second kappa shape index (κ2) is 6.80. The molecular formula is C17H21ClN4O3. The average molecular weight is 365 g/mol. The van der Waals surface area contributed by atoms with Crippen LogP contribution in [0, 0.1) is 0 Å². The molecule has 3 aliphatic rings. The summed E-state index contributed by atoms with van der Waals surface area (Å²) in [4.78, 5) is 32.5. The lowest BCUT2D eigenvalue weighted by Crippen LogP contribution is -2.40. The summed E-state index contributed by atoms with van der Waals surface area (Å²) < 4.78 is 5.26. The standard InChI is InChI=1S/C17H21ClN4O3/c18-14-7-11(17(24)21-3-5-25-6-4-21)9-19-16(14)20-12-8-15(23)22(10-12)13-1-2-13/h7,9,12-13H,1-6,8,10H2,(H,19,20). The van der Waals surface area contributed by atoms with E-state index in [1.54, 1.807) is 17.2 Å². The molecule has 1 saturated carbocycles. The number of pyridine rings is 1. The summed E-state index contributed by atoms with van der Waals surface area (Å²) in [5.41, 5.74) is 0.472. The van der Waals surface area contributed by atoms with Gasteiger partial charge in [-0.15, -0.1) is 0 Å². The van der Waals surface area contributed by atoms with Gasteiger partial charge in [0, 0.05) is 38.3 Å². The number of halogens is 1. The molecule has 7 nitrogen and oxygen atoms in total. The maximum absolute atomic E-state index is 12.5. The second-order valence-corrected chi connectivity index (χ2v) is 7.19. The largest absolute Gasteiger partial charge is 0.378 e. The highest BCUT2D eigenvalue weighted by Crippen LogP contribution is 2.32. The van der Waals surface area contributed by atoms with E-state index in [-0.39, 0.29) is 17.9 Å². The average Bonchev–Trinajstić information content (AvgIpc) is 3.40. The van der Waals surface area contributed by atoms with E-state index >= 15 is 0 Å². The Kier molecular flexibility index (Phi) is 4.52. The highest BCUT2D eigenvalue weighted by atomic mass is 35.5. The normalized spacial score (nSPS) is 23.9. The Morgan fingerprint density at radius 2 is 2.08 bits per heavy atom. The van der Waals surface area contributed by atoms with Crippen LogP contribution in [0.5, 0.6) is 0 Å². The van der Waals surface area contributed by atoms with Crippen molar-refractivity contribution in [3.8, 4) is 0 Å². The first-order valence-corrected chi connectivity index (χ1v) is 9.08. The lowest BCUT2D eigenvalue weighted by atomic mass is 10.2. The molecule has 0 aromatic carbocycles. The van der Waals surface area contributed by atoms with E-state index < -0.39 is 0 Å². The number of hydrogen-bond donors (Lipinski definition) is 1. The van der Waals surface area contributed by atoms with Crippen molar-refractivity contribution in [3.63, 3.8) is 0 Å². The molecule has 4 rings (SSSR count). The van der Waals surface area contributed by atoms with Crippen LogP contribution in [0.15, 0.2) is 12.3 Å². The Labute approximate surface area is 151 Å². The molecule has 1 aromatic rings. The van der Waals surface area contributed by atoms with Crippen molar-refractivity contribution in [1.82, 2.24) is 14.8 Å². The van der Waals surface area contributed by atoms with Gasteiger partial charge < -0.3 is 19.9 Å². The van der Waals surface area contributed by atoms with Gasteiger partial charge in [0.25, 0.3) is 5.91 Å². The fourth-order valence-corrected chi connectivity index (χ4v) is 3.59. The molecule has 0 bridgehead atoms. The number of anilines is 1. The summed E-state index contributed by atoms with van der Waals surface area (Å²) in [5, 5.41) is 3.65.